The van der Waals surface area contributed by atoms with Gasteiger partial charge in [0.1, 0.15) is 0 Å². The molecule has 212 valence electrons. The minimum Gasteiger partial charge on any atom is -0.376 e. The van der Waals surface area contributed by atoms with Crippen LogP contribution in [-0.2, 0) is 4.79 Å². The second-order valence-electron chi connectivity index (χ2n) is 11.9. The van der Waals surface area contributed by atoms with Crippen LogP contribution < -0.4 is 20.4 Å². The zero-order valence-electron chi connectivity index (χ0n) is 23.9. The van der Waals surface area contributed by atoms with Crippen molar-refractivity contribution in [2.24, 2.45) is 23.7 Å². The molecule has 40 heavy (non-hydrogen) atoms. The number of hydrogen-bond donors (Lipinski definition) is 2. The Morgan fingerprint density at radius 3 is 1.73 bits per heavy atom. The summed E-state index contributed by atoms with van der Waals surface area (Å²) in [5.74, 6) is 4.50. The van der Waals surface area contributed by atoms with Crippen LogP contribution >= 0.6 is 11.6 Å². The first-order valence-corrected chi connectivity index (χ1v) is 14.8. The SMILES string of the molecule is CC1CC(C)CN(c2nc(-c3ccc(NCC(=O)Nc4ccc(Cl)cc4)cc3)nc(N3CC(C)CC(C)C3)n2)C1. The molecule has 5 rings (SSSR count). The Bertz CT molecular complexity index is 1240. The highest BCUT2D eigenvalue weighted by Crippen LogP contribution is 2.30. The molecule has 8 nitrogen and oxygen atoms in total. The van der Waals surface area contributed by atoms with E-state index >= 15 is 0 Å². The van der Waals surface area contributed by atoms with Crippen LogP contribution in [0.3, 0.4) is 0 Å². The summed E-state index contributed by atoms with van der Waals surface area (Å²) in [5, 5.41) is 6.69. The minimum absolute atomic E-state index is 0.131. The van der Waals surface area contributed by atoms with E-state index in [9.17, 15) is 4.79 Å². The van der Waals surface area contributed by atoms with Crippen LogP contribution in [0.2, 0.25) is 5.02 Å². The molecule has 2 aliphatic rings. The molecule has 1 aromatic heterocycles. The third-order valence-electron chi connectivity index (χ3n) is 7.64. The van der Waals surface area contributed by atoms with Crippen molar-refractivity contribution in [3.05, 3.63) is 53.6 Å². The predicted molar refractivity (Wildman–Crippen MR) is 164 cm³/mol. The summed E-state index contributed by atoms with van der Waals surface area (Å²) in [5.41, 5.74) is 2.49. The van der Waals surface area contributed by atoms with E-state index in [-0.39, 0.29) is 12.5 Å². The number of halogens is 1. The van der Waals surface area contributed by atoms with Crippen molar-refractivity contribution in [2.45, 2.75) is 40.5 Å². The van der Waals surface area contributed by atoms with E-state index in [0.29, 0.717) is 40.2 Å². The van der Waals surface area contributed by atoms with Gasteiger partial charge in [0.05, 0.1) is 6.54 Å². The first-order valence-electron chi connectivity index (χ1n) is 14.4. The number of amides is 1. The van der Waals surface area contributed by atoms with Crippen molar-refractivity contribution in [3.8, 4) is 11.4 Å². The fourth-order valence-corrected chi connectivity index (χ4v) is 6.20. The number of anilines is 4. The van der Waals surface area contributed by atoms with Crippen LogP contribution in [0.15, 0.2) is 48.5 Å². The summed E-state index contributed by atoms with van der Waals surface area (Å²) in [6, 6.07) is 15.0. The summed E-state index contributed by atoms with van der Waals surface area (Å²) in [7, 11) is 0. The smallest absolute Gasteiger partial charge is 0.243 e. The molecule has 2 N–H and O–H groups in total. The topological polar surface area (TPSA) is 86.3 Å². The number of nitrogens with zero attached hydrogens (tertiary/aromatic N) is 5. The molecule has 0 bridgehead atoms. The molecule has 2 saturated heterocycles. The number of aromatic nitrogens is 3. The lowest BCUT2D eigenvalue weighted by Crippen LogP contribution is -2.42. The van der Waals surface area contributed by atoms with Gasteiger partial charge in [0.25, 0.3) is 0 Å². The van der Waals surface area contributed by atoms with Gasteiger partial charge in [0.15, 0.2) is 5.82 Å². The van der Waals surface area contributed by atoms with E-state index in [2.05, 4.69) is 48.1 Å². The normalized spacial score (nSPS) is 23.1. The summed E-state index contributed by atoms with van der Waals surface area (Å²) in [6.07, 6.45) is 2.46. The average molecular weight is 562 g/mol. The Balaban J connectivity index is 1.33. The van der Waals surface area contributed by atoms with E-state index in [1.165, 1.54) is 12.8 Å². The number of nitrogens with one attached hydrogen (secondary N) is 2. The summed E-state index contributed by atoms with van der Waals surface area (Å²) in [4.78, 5) is 32.0. The molecule has 0 radical (unpaired) electrons. The molecule has 2 aromatic carbocycles. The van der Waals surface area contributed by atoms with Gasteiger partial charge in [-0.25, -0.2) is 0 Å². The van der Waals surface area contributed by atoms with Crippen molar-refractivity contribution in [2.75, 3.05) is 53.2 Å². The molecule has 9 heteroatoms. The lowest BCUT2D eigenvalue weighted by Gasteiger charge is -2.37. The fraction of sp³-hybridized carbons (Fsp3) is 0.484. The number of piperidine rings is 2. The molecule has 3 aromatic rings. The van der Waals surface area contributed by atoms with Crippen molar-refractivity contribution >= 4 is 40.8 Å². The number of rotatable bonds is 7. The molecule has 3 heterocycles. The number of hydrogen-bond acceptors (Lipinski definition) is 7. The van der Waals surface area contributed by atoms with Gasteiger partial charge < -0.3 is 20.4 Å². The highest BCUT2D eigenvalue weighted by Gasteiger charge is 2.28. The van der Waals surface area contributed by atoms with Gasteiger partial charge in [-0.1, -0.05) is 39.3 Å². The van der Waals surface area contributed by atoms with Crippen molar-refractivity contribution in [3.63, 3.8) is 0 Å². The van der Waals surface area contributed by atoms with E-state index < -0.39 is 0 Å². The summed E-state index contributed by atoms with van der Waals surface area (Å²) >= 11 is 5.92. The van der Waals surface area contributed by atoms with E-state index in [4.69, 9.17) is 26.6 Å². The van der Waals surface area contributed by atoms with Crippen LogP contribution in [0.5, 0.6) is 0 Å². The molecule has 0 aliphatic carbocycles. The first-order chi connectivity index (χ1) is 19.2. The maximum absolute atomic E-state index is 12.4. The van der Waals surface area contributed by atoms with Gasteiger partial charge in [0.2, 0.25) is 17.8 Å². The van der Waals surface area contributed by atoms with Gasteiger partial charge in [-0.3, -0.25) is 4.79 Å². The fourth-order valence-electron chi connectivity index (χ4n) is 6.08. The Morgan fingerprint density at radius 1 is 0.750 bits per heavy atom. The number of carbonyl (C=O) groups excluding carboxylic acids is 1. The number of benzene rings is 2. The summed E-state index contributed by atoms with van der Waals surface area (Å²) < 4.78 is 0. The standard InChI is InChI=1S/C31H40ClN7O/c1-20-13-21(2)17-38(16-20)30-35-29(36-31(37-30)39-18-22(3)14-23(4)19-39)24-5-9-26(10-6-24)33-15-28(40)34-27-11-7-25(32)8-12-27/h5-12,20-23,33H,13-19H2,1-4H3,(H,34,40). The lowest BCUT2D eigenvalue weighted by molar-refractivity contribution is -0.114. The van der Waals surface area contributed by atoms with E-state index in [1.54, 1.807) is 24.3 Å². The predicted octanol–water partition coefficient (Wildman–Crippen LogP) is 6.21. The van der Waals surface area contributed by atoms with Crippen molar-refractivity contribution in [1.82, 2.24) is 15.0 Å². The van der Waals surface area contributed by atoms with Crippen LogP contribution in [-0.4, -0.2) is 53.6 Å². The zero-order valence-corrected chi connectivity index (χ0v) is 24.7. The maximum Gasteiger partial charge on any atom is 0.243 e. The Labute approximate surface area is 242 Å². The monoisotopic (exact) mass is 561 g/mol. The van der Waals surface area contributed by atoms with Gasteiger partial charge in [0, 0.05) is 48.1 Å². The Morgan fingerprint density at radius 2 is 1.23 bits per heavy atom. The second-order valence-corrected chi connectivity index (χ2v) is 12.4. The van der Waals surface area contributed by atoms with Gasteiger partial charge in [-0.2, -0.15) is 15.0 Å². The van der Waals surface area contributed by atoms with Crippen molar-refractivity contribution < 1.29 is 4.79 Å². The van der Waals surface area contributed by atoms with Crippen LogP contribution in [0, 0.1) is 23.7 Å². The second kappa shape index (κ2) is 12.4. The molecule has 0 spiro atoms. The van der Waals surface area contributed by atoms with Crippen LogP contribution in [0.4, 0.5) is 23.3 Å². The molecule has 2 fully saturated rings. The maximum atomic E-state index is 12.4. The molecule has 0 saturated carbocycles. The van der Waals surface area contributed by atoms with Crippen LogP contribution in [0.25, 0.3) is 11.4 Å². The highest BCUT2D eigenvalue weighted by atomic mass is 35.5. The Kier molecular flexibility index (Phi) is 8.74. The third-order valence-corrected chi connectivity index (χ3v) is 7.89. The highest BCUT2D eigenvalue weighted by molar-refractivity contribution is 6.30. The minimum atomic E-state index is -0.131. The molecule has 4 unspecified atom stereocenters. The first kappa shape index (κ1) is 28.1. The van der Waals surface area contributed by atoms with Crippen LogP contribution in [0.1, 0.15) is 40.5 Å². The molecule has 2 aliphatic heterocycles. The van der Waals surface area contributed by atoms with Gasteiger partial charge >= 0.3 is 0 Å². The largest absolute Gasteiger partial charge is 0.376 e. The molecule has 1 amide bonds. The Hall–Kier alpha value is -3.39. The quantitative estimate of drug-likeness (QED) is 0.355. The lowest BCUT2D eigenvalue weighted by atomic mass is 9.92. The van der Waals surface area contributed by atoms with E-state index in [0.717, 1.165) is 49.3 Å². The average Bonchev–Trinajstić information content (AvgIpc) is 2.92. The van der Waals surface area contributed by atoms with Crippen molar-refractivity contribution in [1.29, 1.82) is 0 Å². The summed E-state index contributed by atoms with van der Waals surface area (Å²) in [6.45, 7) is 13.2. The zero-order chi connectivity index (χ0) is 28.2. The van der Waals surface area contributed by atoms with Gasteiger partial charge in [-0.05, 0) is 85.0 Å². The molecular formula is C31H40ClN7O. The van der Waals surface area contributed by atoms with Gasteiger partial charge in [-0.15, -0.1) is 0 Å². The molecular weight excluding hydrogens is 522 g/mol. The van der Waals surface area contributed by atoms with E-state index in [1.807, 2.05) is 24.3 Å². The number of carbonyl (C=O) groups is 1. The molecule has 4 atom stereocenters. The third kappa shape index (κ3) is 7.22.